The van der Waals surface area contributed by atoms with Gasteiger partial charge < -0.3 is 0 Å². The molecule has 0 saturated heterocycles. The summed E-state index contributed by atoms with van der Waals surface area (Å²) in [6.07, 6.45) is 5.23. The van der Waals surface area contributed by atoms with Crippen molar-refractivity contribution in [3.63, 3.8) is 0 Å². The van der Waals surface area contributed by atoms with Crippen molar-refractivity contribution >= 4 is 17.7 Å². The van der Waals surface area contributed by atoms with Gasteiger partial charge in [-0.3, -0.25) is 4.79 Å². The van der Waals surface area contributed by atoms with Crippen molar-refractivity contribution in [2.24, 2.45) is 5.10 Å². The Morgan fingerprint density at radius 1 is 1.17 bits per heavy atom. The van der Waals surface area contributed by atoms with Gasteiger partial charge in [0, 0.05) is 12.8 Å². The van der Waals surface area contributed by atoms with E-state index in [4.69, 9.17) is 0 Å². The average Bonchev–Trinajstić information content (AvgIpc) is 2.38. The summed E-state index contributed by atoms with van der Waals surface area (Å²) in [5.74, 6) is 0.550. The molecule has 3 heteroatoms. The summed E-state index contributed by atoms with van der Waals surface area (Å²) >= 11 is 0. The molecule has 0 saturated carbocycles. The molecular weight excluding hydrogens is 224 g/mol. The lowest BCUT2D eigenvalue weighted by Gasteiger charge is -2.08. The molecule has 0 atom stereocenters. The average molecular weight is 242 g/mol. The first-order chi connectivity index (χ1) is 8.65. The molecule has 0 radical (unpaired) electrons. The van der Waals surface area contributed by atoms with Crippen LogP contribution in [0.5, 0.6) is 0 Å². The van der Waals surface area contributed by atoms with Gasteiger partial charge in [-0.1, -0.05) is 44.2 Å². The van der Waals surface area contributed by atoms with Gasteiger partial charge in [-0.2, -0.15) is 5.10 Å². The third-order valence-corrected chi connectivity index (χ3v) is 3.00. The minimum atomic E-state index is -0.00608. The molecule has 1 amide bonds. The zero-order valence-corrected chi connectivity index (χ0v) is 10.8. The second-order valence-corrected chi connectivity index (χ2v) is 4.79. The highest BCUT2D eigenvalue weighted by atomic mass is 16.2. The zero-order chi connectivity index (χ0) is 13.0. The fourth-order valence-electron chi connectivity index (χ4n) is 1.79. The van der Waals surface area contributed by atoms with Gasteiger partial charge in [-0.25, -0.2) is 5.43 Å². The van der Waals surface area contributed by atoms with Crippen LogP contribution in [0.15, 0.2) is 35.4 Å². The molecule has 0 spiro atoms. The van der Waals surface area contributed by atoms with Crippen molar-refractivity contribution in [3.05, 3.63) is 41.5 Å². The van der Waals surface area contributed by atoms with Crippen LogP contribution in [0.25, 0.3) is 6.08 Å². The van der Waals surface area contributed by atoms with Crippen LogP contribution in [0, 0.1) is 0 Å². The molecule has 94 valence electrons. The van der Waals surface area contributed by atoms with E-state index in [1.165, 1.54) is 5.56 Å². The Hall–Kier alpha value is -1.90. The number of rotatable bonds is 3. The van der Waals surface area contributed by atoms with Gasteiger partial charge in [0.25, 0.3) is 0 Å². The Balaban J connectivity index is 2.03. The van der Waals surface area contributed by atoms with Gasteiger partial charge in [0.1, 0.15) is 0 Å². The van der Waals surface area contributed by atoms with Crippen LogP contribution in [-0.4, -0.2) is 11.6 Å². The Labute approximate surface area is 108 Å². The maximum atomic E-state index is 10.9. The second-order valence-electron chi connectivity index (χ2n) is 4.79. The van der Waals surface area contributed by atoms with E-state index in [1.54, 1.807) is 0 Å². The van der Waals surface area contributed by atoms with E-state index in [-0.39, 0.29) is 5.91 Å². The minimum Gasteiger partial charge on any atom is -0.273 e. The summed E-state index contributed by atoms with van der Waals surface area (Å²) in [5, 5.41) is 4.00. The SMILES string of the molecule is CC(C)c1ccc(C=CC2=NNC(=O)CC2)cc1. The summed E-state index contributed by atoms with van der Waals surface area (Å²) in [4.78, 5) is 10.9. The van der Waals surface area contributed by atoms with Crippen LogP contribution >= 0.6 is 0 Å². The fourth-order valence-corrected chi connectivity index (χ4v) is 1.79. The largest absolute Gasteiger partial charge is 0.273 e. The third-order valence-electron chi connectivity index (χ3n) is 3.00. The summed E-state index contributed by atoms with van der Waals surface area (Å²) in [7, 11) is 0. The Bertz CT molecular complexity index is 484. The number of hydrogen-bond acceptors (Lipinski definition) is 2. The van der Waals surface area contributed by atoms with Crippen LogP contribution in [0.3, 0.4) is 0 Å². The summed E-state index contributed by atoms with van der Waals surface area (Å²) in [6, 6.07) is 8.51. The van der Waals surface area contributed by atoms with Crippen molar-refractivity contribution in [2.75, 3.05) is 0 Å². The van der Waals surface area contributed by atoms with Crippen molar-refractivity contribution < 1.29 is 4.79 Å². The van der Waals surface area contributed by atoms with Crippen molar-refractivity contribution in [1.82, 2.24) is 5.43 Å². The molecule has 0 aromatic heterocycles. The number of hydrazone groups is 1. The molecule has 0 aliphatic carbocycles. The number of hydrogen-bond donors (Lipinski definition) is 1. The number of nitrogens with zero attached hydrogens (tertiary/aromatic N) is 1. The lowest BCUT2D eigenvalue weighted by Crippen LogP contribution is -2.24. The molecule has 2 rings (SSSR count). The van der Waals surface area contributed by atoms with Gasteiger partial charge in [0.2, 0.25) is 5.91 Å². The molecule has 1 aliphatic rings. The van der Waals surface area contributed by atoms with Crippen LogP contribution in [-0.2, 0) is 4.79 Å². The van der Waals surface area contributed by atoms with E-state index >= 15 is 0 Å². The van der Waals surface area contributed by atoms with E-state index in [9.17, 15) is 4.79 Å². The molecule has 1 aromatic carbocycles. The lowest BCUT2D eigenvalue weighted by atomic mass is 10.0. The first kappa shape index (κ1) is 12.6. The Morgan fingerprint density at radius 2 is 1.89 bits per heavy atom. The number of carbonyl (C=O) groups excluding carboxylic acids is 1. The maximum Gasteiger partial charge on any atom is 0.240 e. The van der Waals surface area contributed by atoms with Crippen LogP contribution in [0.4, 0.5) is 0 Å². The van der Waals surface area contributed by atoms with Crippen molar-refractivity contribution in [2.45, 2.75) is 32.6 Å². The second kappa shape index (κ2) is 5.63. The number of amides is 1. The molecule has 1 N–H and O–H groups in total. The van der Waals surface area contributed by atoms with Gasteiger partial charge in [-0.15, -0.1) is 0 Å². The molecule has 0 bridgehead atoms. The predicted octanol–water partition coefficient (Wildman–Crippen LogP) is 3.09. The van der Waals surface area contributed by atoms with Crippen LogP contribution in [0.1, 0.15) is 43.7 Å². The highest BCUT2D eigenvalue weighted by molar-refractivity contribution is 6.02. The monoisotopic (exact) mass is 242 g/mol. The van der Waals surface area contributed by atoms with Crippen LogP contribution < -0.4 is 5.43 Å². The first-order valence-corrected chi connectivity index (χ1v) is 6.28. The molecule has 1 aliphatic heterocycles. The molecule has 0 unspecified atom stereocenters. The summed E-state index contributed by atoms with van der Waals surface area (Å²) in [6.45, 7) is 4.37. The summed E-state index contributed by atoms with van der Waals surface area (Å²) < 4.78 is 0. The van der Waals surface area contributed by atoms with Gasteiger partial charge in [0.15, 0.2) is 0 Å². The standard InChI is InChI=1S/C15H18N2O/c1-11(2)13-6-3-12(4-7-13)5-8-14-9-10-15(18)17-16-14/h3-8,11H,9-10H2,1-2H3,(H,17,18). The molecular formula is C15H18N2O. The van der Waals surface area contributed by atoms with E-state index in [0.29, 0.717) is 18.8 Å². The van der Waals surface area contributed by atoms with E-state index < -0.39 is 0 Å². The quantitative estimate of drug-likeness (QED) is 0.869. The van der Waals surface area contributed by atoms with Crippen molar-refractivity contribution in [1.29, 1.82) is 0 Å². The zero-order valence-electron chi connectivity index (χ0n) is 10.8. The van der Waals surface area contributed by atoms with Gasteiger partial charge in [0.05, 0.1) is 5.71 Å². The lowest BCUT2D eigenvalue weighted by molar-refractivity contribution is -0.121. The Morgan fingerprint density at radius 3 is 2.44 bits per heavy atom. The normalized spacial score (nSPS) is 15.9. The maximum absolute atomic E-state index is 10.9. The van der Waals surface area contributed by atoms with Crippen molar-refractivity contribution in [3.8, 4) is 0 Å². The molecule has 18 heavy (non-hydrogen) atoms. The highest BCUT2D eigenvalue weighted by Crippen LogP contribution is 2.15. The predicted molar refractivity (Wildman–Crippen MR) is 74.4 cm³/mol. The van der Waals surface area contributed by atoms with Crippen LogP contribution in [0.2, 0.25) is 0 Å². The molecule has 1 aromatic rings. The molecule has 3 nitrogen and oxygen atoms in total. The molecule has 0 fully saturated rings. The number of allylic oxidation sites excluding steroid dienone is 1. The van der Waals surface area contributed by atoms with E-state index in [1.807, 2.05) is 12.2 Å². The fraction of sp³-hybridized carbons (Fsp3) is 0.333. The van der Waals surface area contributed by atoms with E-state index in [0.717, 1.165) is 11.3 Å². The smallest absolute Gasteiger partial charge is 0.240 e. The Kier molecular flexibility index (Phi) is 3.92. The number of nitrogens with one attached hydrogen (secondary N) is 1. The first-order valence-electron chi connectivity index (χ1n) is 6.28. The molecule has 1 heterocycles. The minimum absolute atomic E-state index is 0.00608. The number of benzene rings is 1. The highest BCUT2D eigenvalue weighted by Gasteiger charge is 2.08. The summed E-state index contributed by atoms with van der Waals surface area (Å²) in [5.41, 5.74) is 5.90. The third kappa shape index (κ3) is 3.29. The van der Waals surface area contributed by atoms with Gasteiger partial charge in [-0.05, 0) is 23.1 Å². The topological polar surface area (TPSA) is 41.5 Å². The number of carbonyl (C=O) groups is 1. The van der Waals surface area contributed by atoms with E-state index in [2.05, 4.69) is 48.6 Å². The van der Waals surface area contributed by atoms with Gasteiger partial charge >= 0.3 is 0 Å².